The Balaban J connectivity index is 1.77. The van der Waals surface area contributed by atoms with E-state index in [1.165, 1.54) is 12.8 Å². The molecule has 2 fully saturated rings. The molecule has 18 heavy (non-hydrogen) atoms. The van der Waals surface area contributed by atoms with E-state index in [9.17, 15) is 4.79 Å². The van der Waals surface area contributed by atoms with E-state index in [-0.39, 0.29) is 6.09 Å². The molecule has 3 nitrogen and oxygen atoms in total. The summed E-state index contributed by atoms with van der Waals surface area (Å²) in [7, 11) is 0. The summed E-state index contributed by atoms with van der Waals surface area (Å²) in [5, 5.41) is 3.02. The smallest absolute Gasteiger partial charge is 0.407 e. The zero-order chi connectivity index (χ0) is 13.7. The molecule has 0 aromatic carbocycles. The Morgan fingerprint density at radius 3 is 1.94 bits per heavy atom. The van der Waals surface area contributed by atoms with Crippen LogP contribution in [0, 0.1) is 23.2 Å². The number of nitrogens with one attached hydrogen (secondary N) is 1. The Bertz CT molecular complexity index is 325. The molecule has 2 atom stereocenters. The van der Waals surface area contributed by atoms with Gasteiger partial charge in [0.25, 0.3) is 0 Å². The van der Waals surface area contributed by atoms with Crippen LogP contribution in [0.15, 0.2) is 0 Å². The number of amides is 1. The standard InChI is InChI=1S/C15H27NO2/c1-14(2,3)9-7-10-11(8-9)12(10)16-13(17)18-15(4,5)6/h9-12H,7-8H2,1-6H3,(H,16,17). The molecule has 2 aliphatic carbocycles. The highest BCUT2D eigenvalue weighted by Crippen LogP contribution is 2.58. The first-order valence-corrected chi connectivity index (χ1v) is 7.07. The Morgan fingerprint density at radius 2 is 1.56 bits per heavy atom. The fourth-order valence-corrected chi connectivity index (χ4v) is 3.21. The zero-order valence-electron chi connectivity index (χ0n) is 12.5. The number of rotatable bonds is 1. The van der Waals surface area contributed by atoms with Crippen LogP contribution in [0.2, 0.25) is 0 Å². The van der Waals surface area contributed by atoms with E-state index < -0.39 is 5.60 Å². The topological polar surface area (TPSA) is 38.3 Å². The van der Waals surface area contributed by atoms with Crippen LogP contribution < -0.4 is 5.32 Å². The van der Waals surface area contributed by atoms with Crippen molar-refractivity contribution in [3.05, 3.63) is 0 Å². The monoisotopic (exact) mass is 253 g/mol. The van der Waals surface area contributed by atoms with E-state index in [0.717, 1.165) is 5.92 Å². The van der Waals surface area contributed by atoms with Gasteiger partial charge >= 0.3 is 6.09 Å². The largest absolute Gasteiger partial charge is 0.444 e. The lowest BCUT2D eigenvalue weighted by atomic mass is 9.78. The molecule has 0 radical (unpaired) electrons. The number of carbonyl (C=O) groups is 1. The Morgan fingerprint density at radius 1 is 1.06 bits per heavy atom. The molecule has 0 saturated heterocycles. The summed E-state index contributed by atoms with van der Waals surface area (Å²) in [6, 6.07) is 0.374. The van der Waals surface area contributed by atoms with Crippen molar-refractivity contribution in [2.75, 3.05) is 0 Å². The van der Waals surface area contributed by atoms with Gasteiger partial charge in [0.2, 0.25) is 0 Å². The van der Waals surface area contributed by atoms with Crippen LogP contribution in [0.3, 0.4) is 0 Å². The summed E-state index contributed by atoms with van der Waals surface area (Å²) in [6.07, 6.45) is 2.26. The van der Waals surface area contributed by atoms with Crippen LogP contribution in [0.25, 0.3) is 0 Å². The van der Waals surface area contributed by atoms with Gasteiger partial charge in [0, 0.05) is 6.04 Å². The van der Waals surface area contributed by atoms with Gasteiger partial charge < -0.3 is 10.1 Å². The summed E-state index contributed by atoms with van der Waals surface area (Å²) < 4.78 is 5.30. The Labute approximate surface area is 111 Å². The molecule has 0 bridgehead atoms. The number of hydrogen-bond donors (Lipinski definition) is 1. The molecule has 0 heterocycles. The summed E-state index contributed by atoms with van der Waals surface area (Å²) in [5.74, 6) is 2.20. The number of carbonyl (C=O) groups excluding carboxylic acids is 1. The highest BCUT2D eigenvalue weighted by Gasteiger charge is 2.58. The highest BCUT2D eigenvalue weighted by molar-refractivity contribution is 5.68. The van der Waals surface area contributed by atoms with Crippen LogP contribution in [-0.4, -0.2) is 17.7 Å². The fourth-order valence-electron chi connectivity index (χ4n) is 3.21. The second-order valence-electron chi connectivity index (χ2n) is 8.03. The predicted octanol–water partition coefficient (Wildman–Crippen LogP) is 3.58. The summed E-state index contributed by atoms with van der Waals surface area (Å²) >= 11 is 0. The maximum Gasteiger partial charge on any atom is 0.407 e. The van der Waals surface area contributed by atoms with Crippen molar-refractivity contribution < 1.29 is 9.53 Å². The number of alkyl carbamates (subject to hydrolysis) is 1. The third-order valence-electron chi connectivity index (χ3n) is 4.35. The minimum Gasteiger partial charge on any atom is -0.444 e. The number of fused-ring (bicyclic) bond motifs is 1. The molecular weight excluding hydrogens is 226 g/mol. The van der Waals surface area contributed by atoms with Gasteiger partial charge in [-0.25, -0.2) is 4.79 Å². The van der Waals surface area contributed by atoms with Gasteiger partial charge in [0.1, 0.15) is 5.60 Å². The summed E-state index contributed by atoms with van der Waals surface area (Å²) in [5.41, 5.74) is 0.00587. The van der Waals surface area contributed by atoms with E-state index in [1.807, 2.05) is 20.8 Å². The van der Waals surface area contributed by atoms with Gasteiger partial charge in [-0.05, 0) is 56.8 Å². The first kappa shape index (κ1) is 13.7. The Hall–Kier alpha value is -0.730. The lowest BCUT2D eigenvalue weighted by Gasteiger charge is -2.29. The maximum absolute atomic E-state index is 11.7. The summed E-state index contributed by atoms with van der Waals surface area (Å²) in [6.45, 7) is 12.7. The second kappa shape index (κ2) is 4.14. The van der Waals surface area contributed by atoms with Gasteiger partial charge in [0.15, 0.2) is 0 Å². The van der Waals surface area contributed by atoms with E-state index in [0.29, 0.717) is 23.3 Å². The van der Waals surface area contributed by atoms with Crippen molar-refractivity contribution in [2.24, 2.45) is 23.2 Å². The average molecular weight is 253 g/mol. The minimum absolute atomic E-state index is 0.255. The molecule has 1 N–H and O–H groups in total. The SMILES string of the molecule is CC(C)(C)OC(=O)NC1C2CC(C(C)(C)C)CC21. The van der Waals surface area contributed by atoms with Crippen LogP contribution in [-0.2, 0) is 4.74 Å². The van der Waals surface area contributed by atoms with Crippen LogP contribution in [0.4, 0.5) is 4.79 Å². The number of hydrogen-bond acceptors (Lipinski definition) is 2. The van der Waals surface area contributed by atoms with E-state index in [1.54, 1.807) is 0 Å². The van der Waals surface area contributed by atoms with Gasteiger partial charge in [-0.3, -0.25) is 0 Å². The predicted molar refractivity (Wildman–Crippen MR) is 72.3 cm³/mol. The molecule has 104 valence electrons. The average Bonchev–Trinajstić information content (AvgIpc) is 2.59. The van der Waals surface area contributed by atoms with Crippen molar-refractivity contribution in [3.8, 4) is 0 Å². The van der Waals surface area contributed by atoms with Crippen molar-refractivity contribution in [1.82, 2.24) is 5.32 Å². The minimum atomic E-state index is -0.401. The molecule has 1 amide bonds. The molecule has 0 aromatic heterocycles. The van der Waals surface area contributed by atoms with Gasteiger partial charge in [-0.2, -0.15) is 0 Å². The zero-order valence-corrected chi connectivity index (χ0v) is 12.5. The number of ether oxygens (including phenoxy) is 1. The van der Waals surface area contributed by atoms with E-state index in [4.69, 9.17) is 4.74 Å². The molecule has 0 spiro atoms. The molecule has 2 aliphatic rings. The van der Waals surface area contributed by atoms with E-state index >= 15 is 0 Å². The van der Waals surface area contributed by atoms with Crippen molar-refractivity contribution in [1.29, 1.82) is 0 Å². The highest BCUT2D eigenvalue weighted by atomic mass is 16.6. The third kappa shape index (κ3) is 2.99. The lowest BCUT2D eigenvalue weighted by molar-refractivity contribution is 0.0513. The van der Waals surface area contributed by atoms with Crippen molar-refractivity contribution >= 4 is 6.09 Å². The quantitative estimate of drug-likeness (QED) is 0.775. The molecule has 3 heteroatoms. The Kier molecular flexibility index (Phi) is 3.15. The fraction of sp³-hybridized carbons (Fsp3) is 0.933. The van der Waals surface area contributed by atoms with Crippen molar-refractivity contribution in [3.63, 3.8) is 0 Å². The second-order valence-corrected chi connectivity index (χ2v) is 8.03. The normalized spacial score (nSPS) is 35.0. The molecule has 0 aromatic rings. The van der Waals surface area contributed by atoms with Crippen LogP contribution in [0.1, 0.15) is 54.4 Å². The molecule has 0 aliphatic heterocycles. The van der Waals surface area contributed by atoms with E-state index in [2.05, 4.69) is 26.1 Å². The first-order valence-electron chi connectivity index (χ1n) is 7.07. The van der Waals surface area contributed by atoms with Gasteiger partial charge in [0.05, 0.1) is 0 Å². The van der Waals surface area contributed by atoms with Crippen molar-refractivity contribution in [2.45, 2.75) is 66.0 Å². The molecule has 2 rings (SSSR count). The molecule has 2 saturated carbocycles. The maximum atomic E-state index is 11.7. The molecular formula is C15H27NO2. The first-order chi connectivity index (χ1) is 8.08. The lowest BCUT2D eigenvalue weighted by Crippen LogP contribution is -2.36. The third-order valence-corrected chi connectivity index (χ3v) is 4.35. The van der Waals surface area contributed by atoms with Crippen LogP contribution >= 0.6 is 0 Å². The molecule has 2 unspecified atom stereocenters. The van der Waals surface area contributed by atoms with Gasteiger partial charge in [-0.15, -0.1) is 0 Å². The summed E-state index contributed by atoms with van der Waals surface area (Å²) in [4.78, 5) is 11.7. The van der Waals surface area contributed by atoms with Crippen LogP contribution in [0.5, 0.6) is 0 Å². The van der Waals surface area contributed by atoms with Gasteiger partial charge in [-0.1, -0.05) is 20.8 Å².